The summed E-state index contributed by atoms with van der Waals surface area (Å²) in [7, 11) is 0. The van der Waals surface area contributed by atoms with Gasteiger partial charge in [0.05, 0.1) is 0 Å². The molecule has 2 aromatic rings. The molecule has 4 rings (SSSR count). The van der Waals surface area contributed by atoms with Gasteiger partial charge < -0.3 is 24.8 Å². The predicted molar refractivity (Wildman–Crippen MR) is 151 cm³/mol. The van der Waals surface area contributed by atoms with E-state index in [9.17, 15) is 0 Å². The standard InChI is InChI=1S/C31H39.C3H6.2ClH.Zr/c1-19-13-23(30(5,6)7)17-24(19)27-15-21-14-20-11-12-22(29(2,3)4)16-25(20)26(21)18-28(27)31(8,9)10;1-3-2;;;/h11-13,16-18,24H,14H2,1-10H3;1-2H3;2*1H;/q-1;;;;+2/p-2. The monoisotopic (exact) mass is 613 g/mol. The van der Waals surface area contributed by atoms with Crippen LogP contribution in [0.1, 0.15) is 117 Å². The van der Waals surface area contributed by atoms with Crippen LogP contribution in [-0.4, -0.2) is 3.21 Å². The molecule has 37 heavy (non-hydrogen) atoms. The van der Waals surface area contributed by atoms with Crippen LogP contribution in [0.15, 0.2) is 47.6 Å². The normalized spacial score (nSPS) is 16.3. The van der Waals surface area contributed by atoms with Crippen LogP contribution >= 0.6 is 0 Å². The first-order valence-electron chi connectivity index (χ1n) is 13.0. The van der Waals surface area contributed by atoms with Gasteiger partial charge in [-0.1, -0.05) is 115 Å². The van der Waals surface area contributed by atoms with Gasteiger partial charge in [0.15, 0.2) is 0 Å². The molecule has 0 saturated carbocycles. The van der Waals surface area contributed by atoms with Gasteiger partial charge >= 0.3 is 41.3 Å². The molecule has 0 spiro atoms. The first-order chi connectivity index (χ1) is 15.9. The molecule has 0 aliphatic heterocycles. The first kappa shape index (κ1) is 34.3. The molecule has 0 saturated heterocycles. The Morgan fingerprint density at radius 3 is 1.86 bits per heavy atom. The van der Waals surface area contributed by atoms with E-state index < -0.39 is 0 Å². The van der Waals surface area contributed by atoms with Crippen molar-refractivity contribution in [3.63, 3.8) is 0 Å². The molecular formula is C34H45Cl2Zr-. The van der Waals surface area contributed by atoms with E-state index in [0.29, 0.717) is 5.92 Å². The molecule has 200 valence electrons. The van der Waals surface area contributed by atoms with Gasteiger partial charge in [-0.15, -0.1) is 22.3 Å². The van der Waals surface area contributed by atoms with E-state index >= 15 is 0 Å². The molecule has 0 amide bonds. The smallest absolute Gasteiger partial charge is 1.00 e. The quantitative estimate of drug-likeness (QED) is 0.369. The average molecular weight is 616 g/mol. The molecule has 0 radical (unpaired) electrons. The van der Waals surface area contributed by atoms with Crippen molar-refractivity contribution in [3.8, 4) is 11.1 Å². The molecule has 0 nitrogen and oxygen atoms in total. The number of allylic oxidation sites excluding steroid dienone is 4. The summed E-state index contributed by atoms with van der Waals surface area (Å²) in [5.74, 6) is 0.336. The molecule has 2 aliphatic carbocycles. The summed E-state index contributed by atoms with van der Waals surface area (Å²) >= 11 is 1.55. The van der Waals surface area contributed by atoms with Crippen LogP contribution in [0, 0.1) is 11.5 Å². The van der Waals surface area contributed by atoms with Crippen LogP contribution in [0.4, 0.5) is 0 Å². The maximum atomic E-state index is 3.96. The third-order valence-electron chi connectivity index (χ3n) is 7.03. The second-order valence-electron chi connectivity index (χ2n) is 13.8. The van der Waals surface area contributed by atoms with E-state index in [0.717, 1.165) is 6.42 Å². The fraction of sp³-hybridized carbons (Fsp3) is 0.500. The molecule has 2 aromatic carbocycles. The average Bonchev–Trinajstić information content (AvgIpc) is 3.24. The van der Waals surface area contributed by atoms with E-state index in [2.05, 4.69) is 126 Å². The third-order valence-corrected chi connectivity index (χ3v) is 7.03. The maximum absolute atomic E-state index is 3.96. The first-order valence-corrected chi connectivity index (χ1v) is 14.3. The molecule has 0 aromatic heterocycles. The van der Waals surface area contributed by atoms with E-state index in [1.54, 1.807) is 24.2 Å². The predicted octanol–water partition coefficient (Wildman–Crippen LogP) is 3.42. The Balaban J connectivity index is 0.00000107. The Bertz CT molecular complexity index is 1200. The Kier molecular flexibility index (Phi) is 11.3. The van der Waals surface area contributed by atoms with Crippen molar-refractivity contribution < 1.29 is 49.0 Å². The molecule has 0 N–H and O–H groups in total. The van der Waals surface area contributed by atoms with Crippen molar-refractivity contribution >= 4 is 3.21 Å². The third kappa shape index (κ3) is 7.90. The number of hydrogen-bond acceptors (Lipinski definition) is 0. The van der Waals surface area contributed by atoms with E-state index in [1.165, 1.54) is 53.3 Å². The number of hydrogen-bond donors (Lipinski definition) is 0. The van der Waals surface area contributed by atoms with Crippen molar-refractivity contribution in [1.82, 2.24) is 0 Å². The van der Waals surface area contributed by atoms with Crippen molar-refractivity contribution in [2.24, 2.45) is 5.41 Å². The van der Waals surface area contributed by atoms with Crippen molar-refractivity contribution in [2.45, 2.75) is 106 Å². The maximum Gasteiger partial charge on any atom is -1.00 e. The van der Waals surface area contributed by atoms with E-state index in [4.69, 9.17) is 0 Å². The van der Waals surface area contributed by atoms with Crippen molar-refractivity contribution in [2.75, 3.05) is 0 Å². The summed E-state index contributed by atoms with van der Waals surface area (Å²) < 4.78 is 1.51. The van der Waals surface area contributed by atoms with E-state index in [-0.39, 0.29) is 41.1 Å². The van der Waals surface area contributed by atoms with Crippen LogP contribution in [0.5, 0.6) is 0 Å². The van der Waals surface area contributed by atoms with E-state index in [1.807, 2.05) is 0 Å². The Morgan fingerprint density at radius 2 is 1.41 bits per heavy atom. The minimum Gasteiger partial charge on any atom is -1.00 e. The second-order valence-corrected chi connectivity index (χ2v) is 16.2. The number of fused-ring (bicyclic) bond motifs is 3. The van der Waals surface area contributed by atoms with Gasteiger partial charge in [0.1, 0.15) is 0 Å². The fourth-order valence-electron chi connectivity index (χ4n) is 4.96. The summed E-state index contributed by atoms with van der Waals surface area (Å²) in [4.78, 5) is 0. The molecule has 0 bridgehead atoms. The SMILES string of the molecule is CC1=CC(C(C)(C)C)=CC1c1[c-]c2c(cc1C(C)(C)C)-c1cc(C(C)(C)C)ccc1C2.C[C](C)=[Zr+2].[Cl-].[Cl-]. The van der Waals surface area contributed by atoms with Crippen molar-refractivity contribution in [3.05, 3.63) is 81.4 Å². The van der Waals surface area contributed by atoms with Gasteiger partial charge in [-0.2, -0.15) is 12.1 Å². The molecule has 0 fully saturated rings. The minimum absolute atomic E-state index is 0. The molecule has 1 atom stereocenters. The van der Waals surface area contributed by atoms with Crippen LogP contribution in [0.25, 0.3) is 11.1 Å². The fourth-order valence-corrected chi connectivity index (χ4v) is 4.96. The minimum atomic E-state index is 0. The van der Waals surface area contributed by atoms with Gasteiger partial charge in [-0.3, -0.25) is 0 Å². The number of halogens is 2. The number of benzene rings is 2. The summed E-state index contributed by atoms with van der Waals surface area (Å²) in [5, 5.41) is 0. The summed E-state index contributed by atoms with van der Waals surface area (Å²) in [6.07, 6.45) is 5.89. The topological polar surface area (TPSA) is 0 Å². The van der Waals surface area contributed by atoms with Crippen LogP contribution in [0.2, 0.25) is 0 Å². The van der Waals surface area contributed by atoms with Gasteiger partial charge in [-0.25, -0.2) is 0 Å². The summed E-state index contributed by atoms with van der Waals surface area (Å²) in [6.45, 7) is 27.4. The van der Waals surface area contributed by atoms with Crippen LogP contribution < -0.4 is 24.8 Å². The van der Waals surface area contributed by atoms with Gasteiger partial charge in [0.25, 0.3) is 0 Å². The molecule has 1 unspecified atom stereocenters. The Labute approximate surface area is 255 Å². The zero-order valence-corrected chi connectivity index (χ0v) is 29.0. The van der Waals surface area contributed by atoms with Gasteiger partial charge in [0, 0.05) is 5.92 Å². The van der Waals surface area contributed by atoms with Crippen LogP contribution in [-0.2, 0) is 41.5 Å². The molecular weight excluding hydrogens is 571 g/mol. The Hall–Kier alpha value is -0.747. The summed E-state index contributed by atoms with van der Waals surface area (Å²) in [5.41, 5.74) is 13.1. The van der Waals surface area contributed by atoms with Gasteiger partial charge in [-0.05, 0) is 35.3 Å². The van der Waals surface area contributed by atoms with Gasteiger partial charge in [0.2, 0.25) is 0 Å². The van der Waals surface area contributed by atoms with Crippen LogP contribution in [0.3, 0.4) is 0 Å². The number of rotatable bonds is 1. The second kappa shape index (κ2) is 12.2. The zero-order chi connectivity index (χ0) is 26.5. The molecule has 0 heterocycles. The molecule has 3 heteroatoms. The summed E-state index contributed by atoms with van der Waals surface area (Å²) in [6, 6.07) is 13.6. The largest absolute Gasteiger partial charge is 1.00 e. The zero-order valence-electron chi connectivity index (χ0n) is 25.0. The Morgan fingerprint density at radius 1 is 0.838 bits per heavy atom. The van der Waals surface area contributed by atoms with Crippen molar-refractivity contribution in [1.29, 1.82) is 0 Å². The molecule has 2 aliphatic rings.